The molecule has 1 aromatic carbocycles. The number of likely N-dealkylation sites (tertiary alicyclic amines) is 1. The van der Waals surface area contributed by atoms with Crippen LogP contribution in [0.4, 0.5) is 0 Å². The molecule has 1 saturated heterocycles. The largest absolute Gasteiger partial charge is 0.451 e. The molecule has 1 N–H and O–H groups in total. The Bertz CT molecular complexity index is 715. The predicted octanol–water partition coefficient (Wildman–Crippen LogP) is 2.51. The predicted molar refractivity (Wildman–Crippen MR) is 86.0 cm³/mol. The number of H-pyrrole nitrogens is 1. The molecule has 122 valence electrons. The Morgan fingerprint density at radius 2 is 1.96 bits per heavy atom. The number of fused-ring (bicyclic) bond motifs is 1. The number of piperidine rings is 1. The molecule has 3 rings (SSSR count). The summed E-state index contributed by atoms with van der Waals surface area (Å²) in [7, 11) is 0. The summed E-state index contributed by atoms with van der Waals surface area (Å²) < 4.78 is 5.19. The summed E-state index contributed by atoms with van der Waals surface area (Å²) >= 11 is 0. The molecule has 0 bridgehead atoms. The van der Waals surface area contributed by atoms with Crippen LogP contribution >= 0.6 is 0 Å². The lowest BCUT2D eigenvalue weighted by atomic mass is 9.97. The fourth-order valence-electron chi connectivity index (χ4n) is 3.30. The van der Waals surface area contributed by atoms with Crippen LogP contribution in [0, 0.1) is 0 Å². The van der Waals surface area contributed by atoms with E-state index in [2.05, 4.69) is 10.2 Å². The SMILES string of the molecule is C[C@@H]1CCC[C@H](C)N1C(=O)COC(=O)c1n[nH]c2ccccc12. The van der Waals surface area contributed by atoms with Gasteiger partial charge in [-0.25, -0.2) is 4.79 Å². The number of aromatic amines is 1. The van der Waals surface area contributed by atoms with Crippen molar-refractivity contribution in [1.82, 2.24) is 15.1 Å². The smallest absolute Gasteiger partial charge is 0.359 e. The zero-order valence-corrected chi connectivity index (χ0v) is 13.4. The molecule has 0 spiro atoms. The van der Waals surface area contributed by atoms with Crippen molar-refractivity contribution < 1.29 is 14.3 Å². The summed E-state index contributed by atoms with van der Waals surface area (Å²) in [5.41, 5.74) is 0.984. The minimum Gasteiger partial charge on any atom is -0.451 e. The van der Waals surface area contributed by atoms with Crippen molar-refractivity contribution in [3.8, 4) is 0 Å². The van der Waals surface area contributed by atoms with E-state index in [1.807, 2.05) is 36.9 Å². The number of carbonyl (C=O) groups is 2. The maximum atomic E-state index is 12.4. The number of amides is 1. The fraction of sp³-hybridized carbons (Fsp3) is 0.471. The quantitative estimate of drug-likeness (QED) is 0.883. The van der Waals surface area contributed by atoms with Crippen LogP contribution in [0.2, 0.25) is 0 Å². The van der Waals surface area contributed by atoms with E-state index < -0.39 is 5.97 Å². The molecule has 1 aliphatic heterocycles. The third-order valence-electron chi connectivity index (χ3n) is 4.47. The van der Waals surface area contributed by atoms with Gasteiger partial charge < -0.3 is 9.64 Å². The third-order valence-corrected chi connectivity index (χ3v) is 4.47. The average molecular weight is 315 g/mol. The van der Waals surface area contributed by atoms with Crippen LogP contribution < -0.4 is 0 Å². The number of carbonyl (C=O) groups excluding carboxylic acids is 2. The number of nitrogens with one attached hydrogen (secondary N) is 1. The summed E-state index contributed by atoms with van der Waals surface area (Å²) in [6.07, 6.45) is 3.12. The van der Waals surface area contributed by atoms with Gasteiger partial charge in [-0.3, -0.25) is 9.89 Å². The van der Waals surface area contributed by atoms with Crippen LogP contribution in [0.1, 0.15) is 43.6 Å². The maximum Gasteiger partial charge on any atom is 0.359 e. The van der Waals surface area contributed by atoms with Crippen LogP contribution in [0.5, 0.6) is 0 Å². The monoisotopic (exact) mass is 315 g/mol. The molecule has 0 unspecified atom stereocenters. The Kier molecular flexibility index (Phi) is 4.32. The van der Waals surface area contributed by atoms with E-state index in [0.717, 1.165) is 24.8 Å². The number of rotatable bonds is 3. The van der Waals surface area contributed by atoms with Gasteiger partial charge in [0.1, 0.15) is 0 Å². The summed E-state index contributed by atoms with van der Waals surface area (Å²) in [5.74, 6) is -0.717. The molecule has 1 aromatic heterocycles. The normalized spacial score (nSPS) is 21.4. The molecule has 0 radical (unpaired) electrons. The summed E-state index contributed by atoms with van der Waals surface area (Å²) in [6.45, 7) is 3.84. The second-order valence-electron chi connectivity index (χ2n) is 6.12. The second-order valence-corrected chi connectivity index (χ2v) is 6.12. The highest BCUT2D eigenvalue weighted by atomic mass is 16.5. The zero-order chi connectivity index (χ0) is 16.4. The highest BCUT2D eigenvalue weighted by Gasteiger charge is 2.29. The molecule has 6 nitrogen and oxygen atoms in total. The lowest BCUT2D eigenvalue weighted by Gasteiger charge is -2.38. The second kappa shape index (κ2) is 6.40. The number of nitrogens with zero attached hydrogens (tertiary/aromatic N) is 2. The van der Waals surface area contributed by atoms with Crippen molar-refractivity contribution in [2.45, 2.75) is 45.2 Å². The first-order valence-electron chi connectivity index (χ1n) is 7.99. The molecule has 2 heterocycles. The summed E-state index contributed by atoms with van der Waals surface area (Å²) in [4.78, 5) is 26.4. The van der Waals surface area contributed by atoms with E-state index in [9.17, 15) is 9.59 Å². The van der Waals surface area contributed by atoms with Crippen molar-refractivity contribution in [2.75, 3.05) is 6.61 Å². The molecule has 0 saturated carbocycles. The number of ether oxygens (including phenoxy) is 1. The Hall–Kier alpha value is -2.37. The first-order valence-corrected chi connectivity index (χ1v) is 7.99. The van der Waals surface area contributed by atoms with Gasteiger partial charge in [0.05, 0.1) is 5.52 Å². The number of hydrogen-bond donors (Lipinski definition) is 1. The Morgan fingerprint density at radius 3 is 2.70 bits per heavy atom. The molecule has 0 aliphatic carbocycles. The van der Waals surface area contributed by atoms with Crippen LogP contribution in [0.15, 0.2) is 24.3 Å². The maximum absolute atomic E-state index is 12.4. The van der Waals surface area contributed by atoms with E-state index in [0.29, 0.717) is 5.39 Å². The van der Waals surface area contributed by atoms with Crippen molar-refractivity contribution >= 4 is 22.8 Å². The van der Waals surface area contributed by atoms with Crippen molar-refractivity contribution in [1.29, 1.82) is 0 Å². The zero-order valence-electron chi connectivity index (χ0n) is 13.4. The van der Waals surface area contributed by atoms with Gasteiger partial charge in [0.25, 0.3) is 5.91 Å². The molecule has 2 atom stereocenters. The van der Waals surface area contributed by atoms with Gasteiger partial charge in [-0.1, -0.05) is 18.2 Å². The topological polar surface area (TPSA) is 75.3 Å². The molecule has 23 heavy (non-hydrogen) atoms. The van der Waals surface area contributed by atoms with Gasteiger partial charge in [0.2, 0.25) is 0 Å². The van der Waals surface area contributed by atoms with Crippen molar-refractivity contribution in [3.05, 3.63) is 30.0 Å². The average Bonchev–Trinajstić information content (AvgIpc) is 2.96. The van der Waals surface area contributed by atoms with Gasteiger partial charge in [0, 0.05) is 17.5 Å². The van der Waals surface area contributed by atoms with E-state index in [4.69, 9.17) is 4.74 Å². The molecule has 6 heteroatoms. The number of benzene rings is 1. The molecule has 2 aromatic rings. The lowest BCUT2D eigenvalue weighted by Crippen LogP contribution is -2.49. The van der Waals surface area contributed by atoms with Crippen molar-refractivity contribution in [3.63, 3.8) is 0 Å². The van der Waals surface area contributed by atoms with E-state index in [1.54, 1.807) is 6.07 Å². The third kappa shape index (κ3) is 3.06. The lowest BCUT2D eigenvalue weighted by molar-refractivity contribution is -0.140. The minimum absolute atomic E-state index is 0.141. The first kappa shape index (κ1) is 15.5. The van der Waals surface area contributed by atoms with Gasteiger partial charge in [-0.15, -0.1) is 0 Å². The molecule has 1 amide bonds. The van der Waals surface area contributed by atoms with Crippen LogP contribution in [0.3, 0.4) is 0 Å². The minimum atomic E-state index is -0.576. The Morgan fingerprint density at radius 1 is 1.26 bits per heavy atom. The number of esters is 1. The van der Waals surface area contributed by atoms with Crippen LogP contribution in [-0.2, 0) is 9.53 Å². The molecule has 1 fully saturated rings. The number of aromatic nitrogens is 2. The van der Waals surface area contributed by atoms with E-state index in [-0.39, 0.29) is 30.3 Å². The number of hydrogen-bond acceptors (Lipinski definition) is 4. The highest BCUT2D eigenvalue weighted by Crippen LogP contribution is 2.22. The summed E-state index contributed by atoms with van der Waals surface area (Å²) in [5, 5.41) is 7.48. The first-order chi connectivity index (χ1) is 11.1. The van der Waals surface area contributed by atoms with Gasteiger partial charge in [-0.2, -0.15) is 5.10 Å². The van der Waals surface area contributed by atoms with Gasteiger partial charge in [-0.05, 0) is 39.2 Å². The molecular weight excluding hydrogens is 294 g/mol. The van der Waals surface area contributed by atoms with E-state index in [1.165, 1.54) is 0 Å². The Balaban J connectivity index is 1.65. The van der Waals surface area contributed by atoms with Crippen molar-refractivity contribution in [2.24, 2.45) is 0 Å². The molecule has 1 aliphatic rings. The van der Waals surface area contributed by atoms with E-state index >= 15 is 0 Å². The number of para-hydroxylation sites is 1. The standard InChI is InChI=1S/C17H21N3O3/c1-11-6-5-7-12(2)20(11)15(21)10-23-17(22)16-13-8-3-4-9-14(13)18-19-16/h3-4,8-9,11-12H,5-7,10H2,1-2H3,(H,18,19)/t11-,12+. The molecular formula is C17H21N3O3. The highest BCUT2D eigenvalue weighted by molar-refractivity contribution is 6.02. The van der Waals surface area contributed by atoms with Gasteiger partial charge in [0.15, 0.2) is 12.3 Å². The fourth-order valence-corrected chi connectivity index (χ4v) is 3.30. The van der Waals surface area contributed by atoms with Crippen LogP contribution in [0.25, 0.3) is 10.9 Å². The Labute approximate surface area is 134 Å². The van der Waals surface area contributed by atoms with Crippen LogP contribution in [-0.4, -0.2) is 45.7 Å². The van der Waals surface area contributed by atoms with Gasteiger partial charge >= 0.3 is 5.97 Å². The summed E-state index contributed by atoms with van der Waals surface area (Å²) in [6, 6.07) is 7.70.